The van der Waals surface area contributed by atoms with Gasteiger partial charge in [0, 0.05) is 12.5 Å². The highest BCUT2D eigenvalue weighted by molar-refractivity contribution is 7.14. The number of hydrogen-bond acceptors (Lipinski definition) is 4. The van der Waals surface area contributed by atoms with Gasteiger partial charge in [0.05, 0.1) is 16.1 Å². The van der Waals surface area contributed by atoms with E-state index in [1.54, 1.807) is 17.5 Å². The highest BCUT2D eigenvalue weighted by Gasteiger charge is 2.10. The lowest BCUT2D eigenvalue weighted by Crippen LogP contribution is -2.23. The number of thiophene rings is 1. The fourth-order valence-electron chi connectivity index (χ4n) is 1.63. The van der Waals surface area contributed by atoms with Crippen LogP contribution < -0.4 is 5.32 Å². The molecule has 18 heavy (non-hydrogen) atoms. The predicted molar refractivity (Wildman–Crippen MR) is 76.3 cm³/mol. The molecule has 0 aliphatic rings. The number of rotatable bonds is 6. The third-order valence-electron chi connectivity index (χ3n) is 2.51. The Hall–Kier alpha value is -0.840. The molecule has 0 saturated carbocycles. The maximum Gasteiger partial charge on any atom is 0.194 e. The van der Waals surface area contributed by atoms with E-state index in [4.69, 9.17) is 16.0 Å². The van der Waals surface area contributed by atoms with Gasteiger partial charge in [0.25, 0.3) is 0 Å². The van der Waals surface area contributed by atoms with Crippen LogP contribution in [-0.4, -0.2) is 17.6 Å². The number of aryl methyl sites for hydroxylation is 1. The smallest absolute Gasteiger partial charge is 0.194 e. The van der Waals surface area contributed by atoms with Crippen molar-refractivity contribution in [3.8, 4) is 10.6 Å². The number of nitrogens with zero attached hydrogens (tertiary/aromatic N) is 1. The Balaban J connectivity index is 1.89. The summed E-state index contributed by atoms with van der Waals surface area (Å²) >= 11 is 7.63. The molecule has 0 radical (unpaired) electrons. The molecule has 0 atom stereocenters. The molecule has 2 heterocycles. The van der Waals surface area contributed by atoms with E-state index in [9.17, 15) is 0 Å². The Labute approximate surface area is 116 Å². The molecule has 98 valence electrons. The van der Waals surface area contributed by atoms with Gasteiger partial charge in [-0.2, -0.15) is 0 Å². The van der Waals surface area contributed by atoms with Crippen LogP contribution in [0.1, 0.15) is 26.2 Å². The summed E-state index contributed by atoms with van der Waals surface area (Å²) in [6.45, 7) is 5.26. The molecule has 0 saturated heterocycles. The van der Waals surface area contributed by atoms with Gasteiger partial charge >= 0.3 is 0 Å². The molecule has 0 spiro atoms. The summed E-state index contributed by atoms with van der Waals surface area (Å²) in [5.41, 5.74) is 0. The fourth-order valence-corrected chi connectivity index (χ4v) is 2.73. The van der Waals surface area contributed by atoms with Crippen molar-refractivity contribution in [2.75, 3.05) is 6.54 Å². The molecule has 1 N–H and O–H groups in total. The van der Waals surface area contributed by atoms with Crippen molar-refractivity contribution < 1.29 is 4.42 Å². The van der Waals surface area contributed by atoms with Crippen molar-refractivity contribution in [2.24, 2.45) is 0 Å². The largest absolute Gasteiger partial charge is 0.440 e. The minimum Gasteiger partial charge on any atom is -0.440 e. The lowest BCUT2D eigenvalue weighted by atomic mass is 10.3. The Kier molecular flexibility index (Phi) is 4.80. The number of halogens is 1. The average molecular weight is 285 g/mol. The third-order valence-corrected chi connectivity index (χ3v) is 3.87. The van der Waals surface area contributed by atoms with Crippen molar-refractivity contribution in [1.29, 1.82) is 0 Å². The summed E-state index contributed by atoms with van der Waals surface area (Å²) in [6.07, 6.45) is 3.63. The van der Waals surface area contributed by atoms with E-state index in [0.29, 0.717) is 6.04 Å². The fraction of sp³-hybridized carbons (Fsp3) is 0.462. The molecule has 2 rings (SSSR count). The van der Waals surface area contributed by atoms with Gasteiger partial charge in [0.1, 0.15) is 0 Å². The SMILES string of the molecule is CC(C)NCCCc1ncc(-c2sccc2Cl)o1. The van der Waals surface area contributed by atoms with E-state index < -0.39 is 0 Å². The van der Waals surface area contributed by atoms with Crippen molar-refractivity contribution in [3.05, 3.63) is 28.6 Å². The van der Waals surface area contributed by atoms with E-state index in [2.05, 4.69) is 24.1 Å². The lowest BCUT2D eigenvalue weighted by Gasteiger charge is -2.05. The zero-order chi connectivity index (χ0) is 13.0. The Morgan fingerprint density at radius 1 is 1.50 bits per heavy atom. The summed E-state index contributed by atoms with van der Waals surface area (Å²) in [7, 11) is 0. The maximum atomic E-state index is 6.06. The first kappa shape index (κ1) is 13.6. The standard InChI is InChI=1S/C13H17ClN2OS/c1-9(2)15-6-3-4-12-16-8-11(17-12)13-10(14)5-7-18-13/h5,7-9,15H,3-4,6H2,1-2H3. The van der Waals surface area contributed by atoms with E-state index in [1.807, 2.05) is 11.4 Å². The van der Waals surface area contributed by atoms with Gasteiger partial charge < -0.3 is 9.73 Å². The highest BCUT2D eigenvalue weighted by Crippen LogP contribution is 2.33. The summed E-state index contributed by atoms with van der Waals surface area (Å²) in [6, 6.07) is 2.39. The van der Waals surface area contributed by atoms with Crippen LogP contribution in [0, 0.1) is 0 Å². The van der Waals surface area contributed by atoms with Crippen LogP contribution in [0.5, 0.6) is 0 Å². The number of nitrogens with one attached hydrogen (secondary N) is 1. The average Bonchev–Trinajstić information content (AvgIpc) is 2.92. The molecule has 3 nitrogen and oxygen atoms in total. The first-order valence-electron chi connectivity index (χ1n) is 6.08. The molecule has 0 aromatic carbocycles. The van der Waals surface area contributed by atoms with Crippen LogP contribution in [-0.2, 0) is 6.42 Å². The third kappa shape index (κ3) is 3.57. The first-order chi connectivity index (χ1) is 8.66. The number of hydrogen-bond donors (Lipinski definition) is 1. The van der Waals surface area contributed by atoms with Gasteiger partial charge in [-0.1, -0.05) is 25.4 Å². The Morgan fingerprint density at radius 3 is 3.00 bits per heavy atom. The normalized spacial score (nSPS) is 11.3. The maximum absolute atomic E-state index is 6.06. The molecule has 2 aromatic rings. The molecule has 0 aliphatic carbocycles. The second-order valence-electron chi connectivity index (χ2n) is 4.43. The summed E-state index contributed by atoms with van der Waals surface area (Å²) in [5.74, 6) is 1.54. The van der Waals surface area contributed by atoms with Crippen LogP contribution in [0.15, 0.2) is 22.1 Å². The predicted octanol–water partition coefficient (Wildman–Crippen LogP) is 3.99. The summed E-state index contributed by atoms with van der Waals surface area (Å²) in [4.78, 5) is 5.24. The van der Waals surface area contributed by atoms with Crippen molar-refractivity contribution in [3.63, 3.8) is 0 Å². The van der Waals surface area contributed by atoms with Crippen LogP contribution in [0.4, 0.5) is 0 Å². The van der Waals surface area contributed by atoms with Crippen molar-refractivity contribution in [1.82, 2.24) is 10.3 Å². The highest BCUT2D eigenvalue weighted by atomic mass is 35.5. The molecular weight excluding hydrogens is 268 g/mol. The monoisotopic (exact) mass is 284 g/mol. The van der Waals surface area contributed by atoms with Gasteiger partial charge in [-0.3, -0.25) is 0 Å². The van der Waals surface area contributed by atoms with Gasteiger partial charge in [-0.25, -0.2) is 4.98 Å². The van der Waals surface area contributed by atoms with Gasteiger partial charge in [-0.15, -0.1) is 11.3 Å². The molecule has 0 unspecified atom stereocenters. The van der Waals surface area contributed by atoms with Gasteiger partial charge in [0.2, 0.25) is 0 Å². The Bertz CT molecular complexity index is 493. The Morgan fingerprint density at radius 2 is 2.33 bits per heavy atom. The number of aromatic nitrogens is 1. The van der Waals surface area contributed by atoms with Gasteiger partial charge in [0.15, 0.2) is 11.7 Å². The topological polar surface area (TPSA) is 38.1 Å². The molecule has 0 fully saturated rings. The lowest BCUT2D eigenvalue weighted by molar-refractivity contribution is 0.485. The van der Waals surface area contributed by atoms with Crippen molar-refractivity contribution in [2.45, 2.75) is 32.7 Å². The summed E-state index contributed by atoms with van der Waals surface area (Å²) < 4.78 is 5.70. The molecule has 0 bridgehead atoms. The van der Waals surface area contributed by atoms with Crippen LogP contribution >= 0.6 is 22.9 Å². The van der Waals surface area contributed by atoms with E-state index in [-0.39, 0.29) is 0 Å². The second-order valence-corrected chi connectivity index (χ2v) is 5.75. The zero-order valence-electron chi connectivity index (χ0n) is 10.6. The number of oxazole rings is 1. The minimum atomic E-state index is 0.523. The summed E-state index contributed by atoms with van der Waals surface area (Å²) in [5, 5.41) is 6.05. The second kappa shape index (κ2) is 6.36. The minimum absolute atomic E-state index is 0.523. The van der Waals surface area contributed by atoms with E-state index >= 15 is 0 Å². The molecule has 5 heteroatoms. The zero-order valence-corrected chi connectivity index (χ0v) is 12.1. The molecule has 0 amide bonds. The van der Waals surface area contributed by atoms with E-state index in [1.165, 1.54) is 0 Å². The van der Waals surface area contributed by atoms with E-state index in [0.717, 1.165) is 40.9 Å². The van der Waals surface area contributed by atoms with Crippen LogP contribution in [0.3, 0.4) is 0 Å². The molecule has 2 aromatic heterocycles. The van der Waals surface area contributed by atoms with Crippen LogP contribution in [0.2, 0.25) is 5.02 Å². The molecular formula is C13H17ClN2OS. The first-order valence-corrected chi connectivity index (χ1v) is 7.34. The molecule has 0 aliphatic heterocycles. The quantitative estimate of drug-likeness (QED) is 0.815. The van der Waals surface area contributed by atoms with Crippen LogP contribution in [0.25, 0.3) is 10.6 Å². The van der Waals surface area contributed by atoms with Crippen molar-refractivity contribution >= 4 is 22.9 Å². The van der Waals surface area contributed by atoms with Gasteiger partial charge in [-0.05, 0) is 24.4 Å².